The summed E-state index contributed by atoms with van der Waals surface area (Å²) in [6.07, 6.45) is 14.2. The number of unbranched alkanes of at least 4 members (excludes halogenated alkanes) is 6. The monoisotopic (exact) mass is 212 g/mol. The van der Waals surface area contributed by atoms with Crippen LogP contribution in [0.25, 0.3) is 0 Å². The summed E-state index contributed by atoms with van der Waals surface area (Å²) >= 11 is 0. The van der Waals surface area contributed by atoms with Crippen LogP contribution in [-0.4, -0.2) is 0 Å². The van der Waals surface area contributed by atoms with Crippen LogP contribution in [0.15, 0.2) is 0 Å². The molecule has 0 aromatic heterocycles. The molecule has 92 valence electrons. The van der Waals surface area contributed by atoms with E-state index in [9.17, 15) is 0 Å². The number of hydrogen-bond donors (Lipinski definition) is 0. The van der Waals surface area contributed by atoms with Crippen molar-refractivity contribution in [2.24, 2.45) is 5.41 Å². The summed E-state index contributed by atoms with van der Waals surface area (Å²) in [5, 5.41) is 0. The summed E-state index contributed by atoms with van der Waals surface area (Å²) in [7, 11) is 0. The molecule has 0 aliphatic rings. The van der Waals surface area contributed by atoms with Gasteiger partial charge in [0.2, 0.25) is 0 Å². The van der Waals surface area contributed by atoms with Gasteiger partial charge in [0.15, 0.2) is 0 Å². The highest BCUT2D eigenvalue weighted by molar-refractivity contribution is 4.68. The van der Waals surface area contributed by atoms with Crippen LogP contribution in [-0.2, 0) is 0 Å². The molecule has 0 aromatic rings. The lowest BCUT2D eigenvalue weighted by Gasteiger charge is -2.24. The Labute approximate surface area is 97.8 Å². The topological polar surface area (TPSA) is 0 Å². The predicted octanol–water partition coefficient (Wildman–Crippen LogP) is 5.95. The van der Waals surface area contributed by atoms with E-state index < -0.39 is 0 Å². The van der Waals surface area contributed by atoms with Crippen molar-refractivity contribution >= 4 is 0 Å². The van der Waals surface area contributed by atoms with E-state index in [1.165, 1.54) is 64.2 Å². The first-order valence-electron chi connectivity index (χ1n) is 7.12. The van der Waals surface area contributed by atoms with Crippen molar-refractivity contribution in [3.63, 3.8) is 0 Å². The number of hydrogen-bond acceptors (Lipinski definition) is 0. The highest BCUT2D eigenvalue weighted by Crippen LogP contribution is 2.29. The molecule has 0 amide bonds. The third-order valence-corrected chi connectivity index (χ3v) is 3.41. The third-order valence-electron chi connectivity index (χ3n) is 3.41. The maximum atomic E-state index is 2.44. The van der Waals surface area contributed by atoms with Gasteiger partial charge in [-0.1, -0.05) is 79.1 Å². The minimum Gasteiger partial charge on any atom is -0.0654 e. The Morgan fingerprint density at radius 3 is 1.67 bits per heavy atom. The van der Waals surface area contributed by atoms with E-state index in [4.69, 9.17) is 0 Å². The van der Waals surface area contributed by atoms with Gasteiger partial charge >= 0.3 is 0 Å². The van der Waals surface area contributed by atoms with Crippen LogP contribution < -0.4 is 0 Å². The third kappa shape index (κ3) is 10.3. The Bertz CT molecular complexity index is 124. The van der Waals surface area contributed by atoms with Crippen molar-refractivity contribution in [2.45, 2.75) is 91.9 Å². The average Bonchev–Trinajstić information content (AvgIpc) is 2.20. The minimum absolute atomic E-state index is 0.598. The first-order valence-corrected chi connectivity index (χ1v) is 7.12. The van der Waals surface area contributed by atoms with Crippen LogP contribution >= 0.6 is 0 Å². The SMILES string of the molecule is CCCCCCCCC(C)(C)CCCC. The summed E-state index contributed by atoms with van der Waals surface area (Å²) in [6.45, 7) is 9.46. The van der Waals surface area contributed by atoms with E-state index in [1.54, 1.807) is 0 Å². The molecule has 0 fully saturated rings. The molecule has 0 aliphatic carbocycles. The molecular formula is C15H32. The lowest BCUT2D eigenvalue weighted by atomic mass is 9.82. The highest BCUT2D eigenvalue weighted by Gasteiger charge is 2.15. The molecule has 0 bridgehead atoms. The second-order valence-corrected chi connectivity index (χ2v) is 5.79. The normalized spacial score (nSPS) is 12.0. The van der Waals surface area contributed by atoms with Crippen LogP contribution in [0.3, 0.4) is 0 Å². The van der Waals surface area contributed by atoms with E-state index in [1.807, 2.05) is 0 Å². The zero-order valence-corrected chi connectivity index (χ0v) is 11.6. The van der Waals surface area contributed by atoms with Crippen molar-refractivity contribution in [2.75, 3.05) is 0 Å². The van der Waals surface area contributed by atoms with Crippen LogP contribution in [0.5, 0.6) is 0 Å². The van der Waals surface area contributed by atoms with Crippen molar-refractivity contribution in [3.05, 3.63) is 0 Å². The fourth-order valence-corrected chi connectivity index (χ4v) is 2.16. The van der Waals surface area contributed by atoms with Crippen LogP contribution in [0.4, 0.5) is 0 Å². The van der Waals surface area contributed by atoms with Gasteiger partial charge in [0.25, 0.3) is 0 Å². The standard InChI is InChI=1S/C15H32/c1-5-7-9-10-11-12-14-15(3,4)13-8-6-2/h5-14H2,1-4H3. The lowest BCUT2D eigenvalue weighted by molar-refractivity contribution is 0.285. The van der Waals surface area contributed by atoms with Crippen molar-refractivity contribution < 1.29 is 0 Å². The zero-order chi connectivity index (χ0) is 11.6. The minimum atomic E-state index is 0.598. The molecule has 0 atom stereocenters. The maximum absolute atomic E-state index is 2.44. The molecule has 0 aliphatic heterocycles. The summed E-state index contributed by atoms with van der Waals surface area (Å²) < 4.78 is 0. The quantitative estimate of drug-likeness (QED) is 0.392. The second kappa shape index (κ2) is 9.24. The Hall–Kier alpha value is 0. The maximum Gasteiger partial charge on any atom is -0.0354 e. The fourth-order valence-electron chi connectivity index (χ4n) is 2.16. The van der Waals surface area contributed by atoms with Crippen molar-refractivity contribution in [3.8, 4) is 0 Å². The lowest BCUT2D eigenvalue weighted by Crippen LogP contribution is -2.10. The predicted molar refractivity (Wildman–Crippen MR) is 71.3 cm³/mol. The zero-order valence-electron chi connectivity index (χ0n) is 11.6. The van der Waals surface area contributed by atoms with Gasteiger partial charge in [-0.05, 0) is 18.3 Å². The molecule has 0 saturated carbocycles. The average molecular weight is 212 g/mol. The molecule has 0 radical (unpaired) electrons. The summed E-state index contributed by atoms with van der Waals surface area (Å²) in [4.78, 5) is 0. The van der Waals surface area contributed by atoms with E-state index in [-0.39, 0.29) is 0 Å². The molecule has 0 unspecified atom stereocenters. The van der Waals surface area contributed by atoms with Gasteiger partial charge in [-0.15, -0.1) is 0 Å². The molecule has 0 saturated heterocycles. The molecule has 0 nitrogen and oxygen atoms in total. The first kappa shape index (κ1) is 15.0. The fraction of sp³-hybridized carbons (Fsp3) is 1.00. The van der Waals surface area contributed by atoms with Gasteiger partial charge in [-0.3, -0.25) is 0 Å². The molecule has 0 aromatic carbocycles. The molecule has 0 heteroatoms. The first-order chi connectivity index (χ1) is 7.12. The van der Waals surface area contributed by atoms with Crippen LogP contribution in [0.1, 0.15) is 91.9 Å². The van der Waals surface area contributed by atoms with Crippen molar-refractivity contribution in [1.29, 1.82) is 0 Å². The van der Waals surface area contributed by atoms with Gasteiger partial charge in [0.05, 0.1) is 0 Å². The van der Waals surface area contributed by atoms with Gasteiger partial charge in [-0.25, -0.2) is 0 Å². The Morgan fingerprint density at radius 2 is 1.07 bits per heavy atom. The molecular weight excluding hydrogens is 180 g/mol. The second-order valence-electron chi connectivity index (χ2n) is 5.79. The van der Waals surface area contributed by atoms with Crippen LogP contribution in [0.2, 0.25) is 0 Å². The van der Waals surface area contributed by atoms with Gasteiger partial charge in [0, 0.05) is 0 Å². The summed E-state index contributed by atoms with van der Waals surface area (Å²) in [6, 6.07) is 0. The molecule has 0 rings (SSSR count). The largest absolute Gasteiger partial charge is 0.0654 e. The molecule has 15 heavy (non-hydrogen) atoms. The molecule has 0 heterocycles. The Morgan fingerprint density at radius 1 is 0.600 bits per heavy atom. The van der Waals surface area contributed by atoms with E-state index in [2.05, 4.69) is 27.7 Å². The van der Waals surface area contributed by atoms with Gasteiger partial charge in [-0.2, -0.15) is 0 Å². The smallest absolute Gasteiger partial charge is 0.0354 e. The molecule has 0 N–H and O–H groups in total. The highest BCUT2D eigenvalue weighted by atomic mass is 14.2. The van der Waals surface area contributed by atoms with Gasteiger partial charge < -0.3 is 0 Å². The molecule has 0 spiro atoms. The van der Waals surface area contributed by atoms with E-state index in [0.29, 0.717) is 5.41 Å². The summed E-state index contributed by atoms with van der Waals surface area (Å²) in [5.74, 6) is 0. The van der Waals surface area contributed by atoms with Crippen LogP contribution in [0, 0.1) is 5.41 Å². The number of rotatable bonds is 10. The Balaban J connectivity index is 3.32. The Kier molecular flexibility index (Phi) is 9.24. The van der Waals surface area contributed by atoms with Crippen molar-refractivity contribution in [1.82, 2.24) is 0 Å². The van der Waals surface area contributed by atoms with E-state index in [0.717, 1.165) is 0 Å². The van der Waals surface area contributed by atoms with Gasteiger partial charge in [0.1, 0.15) is 0 Å². The summed E-state index contributed by atoms with van der Waals surface area (Å²) in [5.41, 5.74) is 0.598. The van der Waals surface area contributed by atoms with E-state index >= 15 is 0 Å².